The van der Waals surface area contributed by atoms with Crippen LogP contribution >= 0.6 is 0 Å². The number of hydrazine groups is 1. The van der Waals surface area contributed by atoms with Crippen LogP contribution in [0.15, 0.2) is 30.3 Å². The van der Waals surface area contributed by atoms with E-state index in [-0.39, 0.29) is 6.54 Å². The molecule has 0 aliphatic heterocycles. The van der Waals surface area contributed by atoms with Crippen molar-refractivity contribution in [3.8, 4) is 0 Å². The van der Waals surface area contributed by atoms with Crippen molar-refractivity contribution in [2.24, 2.45) is 5.84 Å². The van der Waals surface area contributed by atoms with Gasteiger partial charge in [-0.05, 0) is 12.1 Å². The standard InChI is InChI=1S/C8H10N2O2/c9-10(6-8(11)12)7-4-2-1-3-5-7/h1-5H,6,9H2,(H,11,12). The molecule has 1 aromatic carbocycles. The van der Waals surface area contributed by atoms with Crippen LogP contribution in [0.25, 0.3) is 0 Å². The third-order valence-electron chi connectivity index (χ3n) is 1.39. The fraction of sp³-hybridized carbons (Fsp3) is 0.125. The summed E-state index contributed by atoms with van der Waals surface area (Å²) in [5, 5.41) is 9.61. The van der Waals surface area contributed by atoms with Crippen molar-refractivity contribution < 1.29 is 9.90 Å². The van der Waals surface area contributed by atoms with Crippen LogP contribution in [0, 0.1) is 0 Å². The summed E-state index contributed by atoms with van der Waals surface area (Å²) in [6.07, 6.45) is 0. The van der Waals surface area contributed by atoms with Gasteiger partial charge in [-0.25, -0.2) is 5.84 Å². The van der Waals surface area contributed by atoms with E-state index >= 15 is 0 Å². The zero-order chi connectivity index (χ0) is 8.97. The third-order valence-corrected chi connectivity index (χ3v) is 1.39. The van der Waals surface area contributed by atoms with Crippen LogP contribution in [0.1, 0.15) is 0 Å². The molecule has 0 spiro atoms. The molecule has 0 aromatic heterocycles. The Hall–Kier alpha value is -1.55. The second-order valence-corrected chi connectivity index (χ2v) is 2.36. The zero-order valence-electron chi connectivity index (χ0n) is 6.47. The summed E-state index contributed by atoms with van der Waals surface area (Å²) in [6.45, 7) is -0.190. The molecule has 1 rings (SSSR count). The van der Waals surface area contributed by atoms with E-state index in [2.05, 4.69) is 0 Å². The van der Waals surface area contributed by atoms with Gasteiger partial charge in [0.1, 0.15) is 6.54 Å². The average Bonchev–Trinajstić information content (AvgIpc) is 2.05. The van der Waals surface area contributed by atoms with Crippen LogP contribution < -0.4 is 10.9 Å². The molecule has 0 fully saturated rings. The summed E-state index contributed by atoms with van der Waals surface area (Å²) in [7, 11) is 0. The molecule has 0 atom stereocenters. The fourth-order valence-corrected chi connectivity index (χ4v) is 0.856. The molecule has 0 bridgehead atoms. The van der Waals surface area contributed by atoms with Crippen LogP contribution in [-0.2, 0) is 4.79 Å². The van der Waals surface area contributed by atoms with E-state index < -0.39 is 5.97 Å². The lowest BCUT2D eigenvalue weighted by Crippen LogP contribution is -2.35. The summed E-state index contributed by atoms with van der Waals surface area (Å²) in [5.74, 6) is 4.51. The average molecular weight is 166 g/mol. The number of nitrogens with zero attached hydrogens (tertiary/aromatic N) is 1. The Labute approximate surface area is 70.2 Å². The highest BCUT2D eigenvalue weighted by Gasteiger charge is 2.04. The molecule has 0 heterocycles. The van der Waals surface area contributed by atoms with Crippen molar-refractivity contribution in [3.63, 3.8) is 0 Å². The highest BCUT2D eigenvalue weighted by molar-refractivity contribution is 5.73. The van der Waals surface area contributed by atoms with Gasteiger partial charge in [-0.15, -0.1) is 0 Å². The molecule has 0 amide bonds. The molecule has 0 saturated carbocycles. The zero-order valence-corrected chi connectivity index (χ0v) is 6.47. The molecular formula is C8H10N2O2. The number of carbonyl (C=O) groups is 1. The van der Waals surface area contributed by atoms with Crippen LogP contribution in [0.3, 0.4) is 0 Å². The van der Waals surface area contributed by atoms with Gasteiger partial charge in [-0.2, -0.15) is 0 Å². The molecule has 0 radical (unpaired) electrons. The van der Waals surface area contributed by atoms with E-state index in [9.17, 15) is 4.79 Å². The van der Waals surface area contributed by atoms with Gasteiger partial charge in [0.2, 0.25) is 0 Å². The van der Waals surface area contributed by atoms with Crippen LogP contribution in [0.5, 0.6) is 0 Å². The summed E-state index contributed by atoms with van der Waals surface area (Å²) in [5.41, 5.74) is 0.694. The van der Waals surface area contributed by atoms with Gasteiger partial charge in [0.05, 0.1) is 5.69 Å². The summed E-state index contributed by atoms with van der Waals surface area (Å²) < 4.78 is 0. The highest BCUT2D eigenvalue weighted by Crippen LogP contribution is 2.07. The number of aliphatic carboxylic acids is 1. The largest absolute Gasteiger partial charge is 0.480 e. The number of hydrogen-bond acceptors (Lipinski definition) is 3. The Balaban J connectivity index is 2.65. The number of nitrogens with two attached hydrogens (primary N) is 1. The summed E-state index contributed by atoms with van der Waals surface area (Å²) >= 11 is 0. The molecule has 12 heavy (non-hydrogen) atoms. The van der Waals surface area contributed by atoms with Gasteiger partial charge >= 0.3 is 5.97 Å². The molecule has 0 saturated heterocycles. The Morgan fingerprint density at radius 2 is 2.00 bits per heavy atom. The molecule has 64 valence electrons. The Kier molecular flexibility index (Phi) is 2.66. The van der Waals surface area contributed by atoms with Gasteiger partial charge in [-0.1, -0.05) is 18.2 Å². The molecule has 4 nitrogen and oxygen atoms in total. The van der Waals surface area contributed by atoms with Gasteiger partial charge in [0, 0.05) is 0 Å². The maximum atomic E-state index is 10.3. The number of carboxylic acid groups (broad SMARTS) is 1. The summed E-state index contributed by atoms with van der Waals surface area (Å²) in [4.78, 5) is 10.3. The topological polar surface area (TPSA) is 66.6 Å². The minimum Gasteiger partial charge on any atom is -0.480 e. The fourth-order valence-electron chi connectivity index (χ4n) is 0.856. The Morgan fingerprint density at radius 3 is 2.50 bits per heavy atom. The highest BCUT2D eigenvalue weighted by atomic mass is 16.4. The number of anilines is 1. The lowest BCUT2D eigenvalue weighted by molar-refractivity contribution is -0.135. The number of rotatable bonds is 3. The molecule has 1 aromatic rings. The van der Waals surface area contributed by atoms with Crippen molar-refractivity contribution in [1.82, 2.24) is 0 Å². The van der Waals surface area contributed by atoms with Crippen molar-refractivity contribution in [3.05, 3.63) is 30.3 Å². The lowest BCUT2D eigenvalue weighted by Gasteiger charge is -2.15. The van der Waals surface area contributed by atoms with E-state index in [4.69, 9.17) is 10.9 Å². The molecule has 3 N–H and O–H groups in total. The quantitative estimate of drug-likeness (QED) is 0.505. The summed E-state index contributed by atoms with van der Waals surface area (Å²) in [6, 6.07) is 8.96. The minimum atomic E-state index is -0.943. The first-order valence-corrected chi connectivity index (χ1v) is 3.49. The van der Waals surface area contributed by atoms with Crippen LogP contribution in [0.4, 0.5) is 5.69 Å². The van der Waals surface area contributed by atoms with Crippen molar-refractivity contribution in [1.29, 1.82) is 0 Å². The maximum Gasteiger partial charge on any atom is 0.324 e. The molecule has 4 heteroatoms. The van der Waals surface area contributed by atoms with Gasteiger partial charge in [-0.3, -0.25) is 9.80 Å². The number of carboxylic acids is 1. The second kappa shape index (κ2) is 3.73. The smallest absolute Gasteiger partial charge is 0.324 e. The molecule has 0 aliphatic carbocycles. The van der Waals surface area contributed by atoms with Crippen molar-refractivity contribution in [2.45, 2.75) is 0 Å². The van der Waals surface area contributed by atoms with Crippen molar-refractivity contribution >= 4 is 11.7 Å². The maximum absolute atomic E-state index is 10.3. The van der Waals surface area contributed by atoms with E-state index in [0.717, 1.165) is 0 Å². The van der Waals surface area contributed by atoms with E-state index in [1.807, 2.05) is 6.07 Å². The number of para-hydroxylation sites is 1. The monoisotopic (exact) mass is 166 g/mol. The minimum absolute atomic E-state index is 0.190. The number of hydrogen-bond donors (Lipinski definition) is 2. The van der Waals surface area contributed by atoms with Gasteiger partial charge in [0.25, 0.3) is 0 Å². The van der Waals surface area contributed by atoms with Crippen LogP contribution in [-0.4, -0.2) is 17.6 Å². The lowest BCUT2D eigenvalue weighted by atomic mass is 10.3. The third kappa shape index (κ3) is 2.25. The predicted molar refractivity (Wildman–Crippen MR) is 45.6 cm³/mol. The second-order valence-electron chi connectivity index (χ2n) is 2.36. The van der Waals surface area contributed by atoms with Crippen LogP contribution in [0.2, 0.25) is 0 Å². The Morgan fingerprint density at radius 1 is 1.42 bits per heavy atom. The predicted octanol–water partition coefficient (Wildman–Crippen LogP) is 0.451. The van der Waals surface area contributed by atoms with Gasteiger partial charge in [0.15, 0.2) is 0 Å². The first-order valence-electron chi connectivity index (χ1n) is 3.49. The van der Waals surface area contributed by atoms with Crippen molar-refractivity contribution in [2.75, 3.05) is 11.6 Å². The Bertz CT molecular complexity index is 261. The van der Waals surface area contributed by atoms with E-state index in [1.54, 1.807) is 24.3 Å². The van der Waals surface area contributed by atoms with Gasteiger partial charge < -0.3 is 5.11 Å². The normalized spacial score (nSPS) is 9.42. The first kappa shape index (κ1) is 8.55. The number of benzene rings is 1. The molecule has 0 unspecified atom stereocenters. The van der Waals surface area contributed by atoms with E-state index in [0.29, 0.717) is 5.69 Å². The molecule has 0 aliphatic rings. The SMILES string of the molecule is NN(CC(=O)O)c1ccccc1. The first-order chi connectivity index (χ1) is 5.70. The van der Waals surface area contributed by atoms with E-state index in [1.165, 1.54) is 5.01 Å². The molecular weight excluding hydrogens is 156 g/mol.